The zero-order valence-electron chi connectivity index (χ0n) is 5.57. The lowest BCUT2D eigenvalue weighted by molar-refractivity contribution is 0.149. The van der Waals surface area contributed by atoms with Crippen molar-refractivity contribution in [2.24, 2.45) is 5.73 Å². The number of nitrogens with zero attached hydrogens (tertiary/aromatic N) is 1. The summed E-state index contributed by atoms with van der Waals surface area (Å²) in [5.41, 5.74) is 4.65. The van der Waals surface area contributed by atoms with Crippen molar-refractivity contribution in [1.29, 1.82) is 5.26 Å². The molecule has 1 atom stereocenters. The van der Waals surface area contributed by atoms with Crippen molar-refractivity contribution in [2.75, 3.05) is 0 Å². The number of carbonyl (C=O) groups excluding carboxylic acids is 1. The van der Waals surface area contributed by atoms with Crippen LogP contribution in [0, 0.1) is 11.3 Å². The molecule has 0 radical (unpaired) electrons. The van der Waals surface area contributed by atoms with E-state index in [0.29, 0.717) is 0 Å². The third kappa shape index (κ3) is 3.50. The highest BCUT2D eigenvalue weighted by Crippen LogP contribution is 1.91. The molecule has 0 fully saturated rings. The smallest absolute Gasteiger partial charge is 0.406 e. The monoisotopic (exact) mass is 140 g/mol. The van der Waals surface area contributed by atoms with Crippen molar-refractivity contribution in [1.82, 2.24) is 0 Å². The Morgan fingerprint density at radius 1 is 1.90 bits per heavy atom. The summed E-state index contributed by atoms with van der Waals surface area (Å²) in [5.74, 6) is 0. The first-order valence-electron chi connectivity index (χ1n) is 2.69. The molecule has 0 aromatic carbocycles. The number of primary amides is 1. The fourth-order valence-corrected chi connectivity index (χ4v) is 0.409. The number of amides is 1. The van der Waals surface area contributed by atoms with Crippen LogP contribution in [0.15, 0.2) is 12.2 Å². The van der Waals surface area contributed by atoms with Crippen molar-refractivity contribution >= 4 is 6.09 Å². The van der Waals surface area contributed by atoms with E-state index in [1.165, 1.54) is 6.08 Å². The Morgan fingerprint density at radius 3 is 2.80 bits per heavy atom. The van der Waals surface area contributed by atoms with Crippen LogP contribution in [0.4, 0.5) is 4.79 Å². The maximum Gasteiger partial charge on any atom is 0.406 e. The van der Waals surface area contributed by atoms with E-state index in [1.54, 1.807) is 19.1 Å². The van der Waals surface area contributed by atoms with Crippen molar-refractivity contribution in [3.05, 3.63) is 12.2 Å². The molecular weight excluding hydrogens is 132 g/mol. The van der Waals surface area contributed by atoms with Gasteiger partial charge in [0.15, 0.2) is 0 Å². The number of hydrogen-bond acceptors (Lipinski definition) is 3. The van der Waals surface area contributed by atoms with Gasteiger partial charge in [-0.2, -0.15) is 5.26 Å². The molecule has 0 rings (SSSR count). The van der Waals surface area contributed by atoms with Gasteiger partial charge in [-0.3, -0.25) is 0 Å². The number of nitriles is 1. The van der Waals surface area contributed by atoms with Gasteiger partial charge in [-0.1, -0.05) is 6.08 Å². The summed E-state index contributed by atoms with van der Waals surface area (Å²) >= 11 is 0. The predicted molar refractivity (Wildman–Crippen MR) is 34.9 cm³/mol. The highest BCUT2D eigenvalue weighted by Gasteiger charge is 2.04. The second kappa shape index (κ2) is 4.39. The zero-order chi connectivity index (χ0) is 7.98. The molecule has 0 spiro atoms. The Bertz CT molecular complexity index is 181. The lowest BCUT2D eigenvalue weighted by Gasteiger charge is -2.01. The molecule has 0 saturated heterocycles. The van der Waals surface area contributed by atoms with E-state index in [2.05, 4.69) is 10.5 Å². The third-order valence-electron chi connectivity index (χ3n) is 0.738. The maximum absolute atomic E-state index is 10.1. The standard InChI is InChI=1S/C6H8N2O2/c1-2-3-5(4-7)10-6(8)9/h2-3,5H,1H3,(H2,8,9)/b3-2+. The summed E-state index contributed by atoms with van der Waals surface area (Å²) < 4.78 is 4.33. The number of rotatable bonds is 2. The molecule has 0 aliphatic carbocycles. The molecule has 0 aromatic rings. The number of allylic oxidation sites excluding steroid dienone is 1. The second-order valence-electron chi connectivity index (χ2n) is 1.51. The Balaban J connectivity index is 3.87. The number of hydrogen-bond donors (Lipinski definition) is 1. The first kappa shape index (κ1) is 8.50. The minimum atomic E-state index is -0.940. The topological polar surface area (TPSA) is 76.1 Å². The van der Waals surface area contributed by atoms with E-state index in [4.69, 9.17) is 5.26 Å². The first-order valence-corrected chi connectivity index (χ1v) is 2.69. The van der Waals surface area contributed by atoms with Gasteiger partial charge < -0.3 is 10.5 Å². The van der Waals surface area contributed by atoms with Crippen LogP contribution in [-0.4, -0.2) is 12.2 Å². The molecule has 1 amide bonds. The number of nitrogens with two attached hydrogens (primary N) is 1. The van der Waals surface area contributed by atoms with Crippen molar-refractivity contribution in [3.8, 4) is 6.07 Å². The minimum Gasteiger partial charge on any atom is -0.427 e. The fraction of sp³-hybridized carbons (Fsp3) is 0.333. The van der Waals surface area contributed by atoms with E-state index in [-0.39, 0.29) is 0 Å². The van der Waals surface area contributed by atoms with Gasteiger partial charge in [0.25, 0.3) is 0 Å². The molecule has 4 nitrogen and oxygen atoms in total. The molecule has 0 aliphatic heterocycles. The molecule has 4 heteroatoms. The summed E-state index contributed by atoms with van der Waals surface area (Å²) in [4.78, 5) is 10.1. The van der Waals surface area contributed by atoms with Gasteiger partial charge in [-0.05, 0) is 13.0 Å². The minimum absolute atomic E-state index is 0.859. The fourth-order valence-electron chi connectivity index (χ4n) is 0.409. The Hall–Kier alpha value is -1.50. The number of carbonyl (C=O) groups is 1. The van der Waals surface area contributed by atoms with Crippen molar-refractivity contribution in [3.63, 3.8) is 0 Å². The summed E-state index contributed by atoms with van der Waals surface area (Å²) in [5, 5.41) is 8.27. The Morgan fingerprint density at radius 2 is 2.50 bits per heavy atom. The van der Waals surface area contributed by atoms with Crippen LogP contribution in [0.3, 0.4) is 0 Å². The molecule has 0 heterocycles. The molecule has 0 aliphatic rings. The van der Waals surface area contributed by atoms with Gasteiger partial charge in [0.1, 0.15) is 6.07 Å². The molecule has 54 valence electrons. The van der Waals surface area contributed by atoms with Crippen LogP contribution in [0.25, 0.3) is 0 Å². The van der Waals surface area contributed by atoms with Crippen LogP contribution in [0.2, 0.25) is 0 Å². The summed E-state index contributed by atoms with van der Waals surface area (Å²) in [6.07, 6.45) is 1.24. The summed E-state index contributed by atoms with van der Waals surface area (Å²) in [6, 6.07) is 1.72. The summed E-state index contributed by atoms with van der Waals surface area (Å²) in [6.45, 7) is 1.72. The lowest BCUT2D eigenvalue weighted by atomic mass is 10.3. The van der Waals surface area contributed by atoms with E-state index in [9.17, 15) is 4.79 Å². The second-order valence-corrected chi connectivity index (χ2v) is 1.51. The quantitative estimate of drug-likeness (QED) is 0.569. The summed E-state index contributed by atoms with van der Waals surface area (Å²) in [7, 11) is 0. The molecule has 10 heavy (non-hydrogen) atoms. The average molecular weight is 140 g/mol. The van der Waals surface area contributed by atoms with E-state index in [1.807, 2.05) is 0 Å². The Labute approximate surface area is 58.9 Å². The van der Waals surface area contributed by atoms with Crippen LogP contribution in [-0.2, 0) is 4.74 Å². The van der Waals surface area contributed by atoms with E-state index >= 15 is 0 Å². The highest BCUT2D eigenvalue weighted by atomic mass is 16.6. The predicted octanol–water partition coefficient (Wildman–Crippen LogP) is 0.550. The lowest BCUT2D eigenvalue weighted by Crippen LogP contribution is -2.19. The van der Waals surface area contributed by atoms with E-state index in [0.717, 1.165) is 0 Å². The van der Waals surface area contributed by atoms with Gasteiger partial charge in [-0.25, -0.2) is 4.79 Å². The van der Waals surface area contributed by atoms with Crippen LogP contribution in [0.1, 0.15) is 6.92 Å². The molecular formula is C6H8N2O2. The molecule has 0 aromatic heterocycles. The number of ether oxygens (including phenoxy) is 1. The molecule has 1 unspecified atom stereocenters. The average Bonchev–Trinajstić information content (AvgIpc) is 1.86. The van der Waals surface area contributed by atoms with Gasteiger partial charge in [0.05, 0.1) is 0 Å². The van der Waals surface area contributed by atoms with Crippen LogP contribution < -0.4 is 5.73 Å². The van der Waals surface area contributed by atoms with Gasteiger partial charge in [0.2, 0.25) is 6.10 Å². The van der Waals surface area contributed by atoms with E-state index < -0.39 is 12.2 Å². The van der Waals surface area contributed by atoms with Gasteiger partial charge in [0, 0.05) is 0 Å². The first-order chi connectivity index (χ1) is 4.70. The molecule has 2 N–H and O–H groups in total. The van der Waals surface area contributed by atoms with Crippen molar-refractivity contribution < 1.29 is 9.53 Å². The molecule has 0 saturated carbocycles. The largest absolute Gasteiger partial charge is 0.427 e. The van der Waals surface area contributed by atoms with Gasteiger partial charge >= 0.3 is 6.09 Å². The molecule has 0 bridgehead atoms. The van der Waals surface area contributed by atoms with Crippen LogP contribution >= 0.6 is 0 Å². The third-order valence-corrected chi connectivity index (χ3v) is 0.738. The SMILES string of the molecule is C/C=C/C(C#N)OC(N)=O. The van der Waals surface area contributed by atoms with Crippen LogP contribution in [0.5, 0.6) is 0 Å². The highest BCUT2D eigenvalue weighted by molar-refractivity contribution is 5.65. The maximum atomic E-state index is 10.1. The normalized spacial score (nSPS) is 12.4. The van der Waals surface area contributed by atoms with Gasteiger partial charge in [-0.15, -0.1) is 0 Å². The Kier molecular flexibility index (Phi) is 3.73. The zero-order valence-corrected chi connectivity index (χ0v) is 5.57. The van der Waals surface area contributed by atoms with Crippen molar-refractivity contribution in [2.45, 2.75) is 13.0 Å².